The van der Waals surface area contributed by atoms with Gasteiger partial charge in [-0.1, -0.05) is 0 Å². The zero-order valence-corrected chi connectivity index (χ0v) is 18.8. The van der Waals surface area contributed by atoms with Crippen LogP contribution in [0.2, 0.25) is 0 Å². The predicted molar refractivity (Wildman–Crippen MR) is 111 cm³/mol. The van der Waals surface area contributed by atoms with Crippen molar-refractivity contribution in [1.29, 1.82) is 0 Å². The van der Waals surface area contributed by atoms with Gasteiger partial charge in [0.15, 0.2) is 4.75 Å². The van der Waals surface area contributed by atoms with Crippen molar-refractivity contribution in [1.82, 2.24) is 9.21 Å². The molecule has 1 saturated carbocycles. The number of carboxylic acids is 1. The van der Waals surface area contributed by atoms with Gasteiger partial charge in [-0.25, -0.2) is 12.7 Å². The number of piperidine rings is 2. The number of rotatable bonds is 7. The van der Waals surface area contributed by atoms with Crippen molar-refractivity contribution in [2.45, 2.75) is 61.8 Å². The molecule has 1 aliphatic carbocycles. The summed E-state index contributed by atoms with van der Waals surface area (Å²) < 4.78 is 72.7. The average Bonchev–Trinajstić information content (AvgIpc) is 3.60. The van der Waals surface area contributed by atoms with E-state index in [1.807, 2.05) is 0 Å². The first-order chi connectivity index (χ1) is 15.5. The Morgan fingerprint density at radius 2 is 1.52 bits per heavy atom. The molecule has 0 amide bonds. The van der Waals surface area contributed by atoms with Crippen molar-refractivity contribution >= 4 is 16.0 Å². The van der Waals surface area contributed by atoms with E-state index in [9.17, 15) is 31.5 Å². The molecular formula is C21H27F3N2O6S. The Morgan fingerprint density at radius 1 is 0.970 bits per heavy atom. The summed E-state index contributed by atoms with van der Waals surface area (Å²) in [5.41, 5.74) is 0. The van der Waals surface area contributed by atoms with Crippen molar-refractivity contribution in [2.75, 3.05) is 26.2 Å². The molecule has 0 radical (unpaired) electrons. The molecule has 0 unspecified atom stereocenters. The van der Waals surface area contributed by atoms with Crippen LogP contribution in [-0.4, -0.2) is 78.1 Å². The Morgan fingerprint density at radius 3 is 2.00 bits per heavy atom. The van der Waals surface area contributed by atoms with E-state index in [4.69, 9.17) is 4.74 Å². The maximum atomic E-state index is 13.4. The Kier molecular flexibility index (Phi) is 6.53. The first-order valence-corrected chi connectivity index (χ1v) is 12.4. The summed E-state index contributed by atoms with van der Waals surface area (Å²) in [4.78, 5) is 14.3. The summed E-state index contributed by atoms with van der Waals surface area (Å²) >= 11 is 0. The van der Waals surface area contributed by atoms with E-state index in [1.54, 1.807) is 0 Å². The van der Waals surface area contributed by atoms with Crippen molar-refractivity contribution in [2.24, 2.45) is 0 Å². The zero-order valence-electron chi connectivity index (χ0n) is 18.0. The molecule has 12 heteroatoms. The minimum absolute atomic E-state index is 0.0734. The van der Waals surface area contributed by atoms with E-state index in [0.717, 1.165) is 25.0 Å². The molecule has 2 saturated heterocycles. The minimum Gasteiger partial charge on any atom is -0.490 e. The molecular weight excluding hydrogens is 465 g/mol. The number of aliphatic carboxylic acids is 1. The fourth-order valence-corrected chi connectivity index (χ4v) is 6.73. The van der Waals surface area contributed by atoms with Gasteiger partial charge in [-0.3, -0.25) is 4.79 Å². The van der Waals surface area contributed by atoms with E-state index in [1.165, 1.54) is 16.4 Å². The number of hydrogen-bond donors (Lipinski definition) is 1. The lowest BCUT2D eigenvalue weighted by Crippen LogP contribution is -2.60. The summed E-state index contributed by atoms with van der Waals surface area (Å²) in [5, 5.41) is 9.91. The minimum atomic E-state index is -4.78. The van der Waals surface area contributed by atoms with Gasteiger partial charge in [0, 0.05) is 32.2 Å². The highest BCUT2D eigenvalue weighted by molar-refractivity contribution is 7.91. The van der Waals surface area contributed by atoms with E-state index in [-0.39, 0.29) is 37.8 Å². The lowest BCUT2D eigenvalue weighted by Gasteiger charge is -2.42. The predicted octanol–water partition coefficient (Wildman–Crippen LogP) is 2.84. The van der Waals surface area contributed by atoms with E-state index in [0.29, 0.717) is 37.7 Å². The number of likely N-dealkylation sites (tertiary alicyclic amines) is 1. The molecule has 0 atom stereocenters. The van der Waals surface area contributed by atoms with Gasteiger partial charge in [0.2, 0.25) is 10.0 Å². The second-order valence-electron chi connectivity index (χ2n) is 8.81. The molecule has 1 aromatic carbocycles. The summed E-state index contributed by atoms with van der Waals surface area (Å²) in [5.74, 6) is -1.31. The van der Waals surface area contributed by atoms with Crippen molar-refractivity contribution in [3.63, 3.8) is 0 Å². The van der Waals surface area contributed by atoms with Crippen LogP contribution in [0.15, 0.2) is 24.3 Å². The third kappa shape index (κ3) is 5.22. The Hall–Kier alpha value is -2.05. The zero-order chi connectivity index (χ0) is 23.9. The lowest BCUT2D eigenvalue weighted by atomic mass is 9.95. The fraction of sp³-hybridized carbons (Fsp3) is 0.667. The Labute approximate surface area is 190 Å². The largest absolute Gasteiger partial charge is 0.573 e. The monoisotopic (exact) mass is 492 g/mol. The van der Waals surface area contributed by atoms with Crippen LogP contribution in [0.4, 0.5) is 13.2 Å². The molecule has 8 nitrogen and oxygen atoms in total. The van der Waals surface area contributed by atoms with Gasteiger partial charge in [0.1, 0.15) is 17.6 Å². The molecule has 0 spiro atoms. The highest BCUT2D eigenvalue weighted by Gasteiger charge is 2.56. The van der Waals surface area contributed by atoms with E-state index in [2.05, 4.69) is 9.64 Å². The number of sulfonamides is 1. The quantitative estimate of drug-likeness (QED) is 0.625. The van der Waals surface area contributed by atoms with Crippen LogP contribution in [0.5, 0.6) is 11.5 Å². The van der Waals surface area contributed by atoms with Gasteiger partial charge in [0.25, 0.3) is 0 Å². The van der Waals surface area contributed by atoms with Gasteiger partial charge in [-0.15, -0.1) is 13.2 Å². The number of hydrogen-bond acceptors (Lipinski definition) is 6. The molecule has 1 aromatic rings. The third-order valence-electron chi connectivity index (χ3n) is 6.65. The number of ether oxygens (including phenoxy) is 2. The van der Waals surface area contributed by atoms with Gasteiger partial charge in [0.05, 0.1) is 0 Å². The normalized spacial score (nSPS) is 23.2. The van der Waals surface area contributed by atoms with Crippen molar-refractivity contribution < 1.29 is 41.0 Å². The van der Waals surface area contributed by atoms with Gasteiger partial charge in [-0.05, 0) is 62.8 Å². The summed E-state index contributed by atoms with van der Waals surface area (Å²) in [6, 6.07) is 5.47. The van der Waals surface area contributed by atoms with Crippen molar-refractivity contribution in [3.8, 4) is 11.5 Å². The fourth-order valence-electron chi connectivity index (χ4n) is 4.62. The number of alkyl halides is 3. The maximum Gasteiger partial charge on any atom is 0.573 e. The van der Waals surface area contributed by atoms with E-state index >= 15 is 0 Å². The highest BCUT2D eigenvalue weighted by atomic mass is 32.2. The smallest absolute Gasteiger partial charge is 0.490 e. The topological polar surface area (TPSA) is 96.4 Å². The Bertz CT molecular complexity index is 949. The number of carbonyl (C=O) groups is 1. The van der Waals surface area contributed by atoms with Crippen molar-refractivity contribution in [3.05, 3.63) is 24.3 Å². The first kappa shape index (κ1) is 24.1. The van der Waals surface area contributed by atoms with Crippen LogP contribution in [0, 0.1) is 0 Å². The van der Waals surface area contributed by atoms with Crippen LogP contribution in [0.25, 0.3) is 0 Å². The molecule has 0 bridgehead atoms. The van der Waals surface area contributed by atoms with Crippen LogP contribution in [0.1, 0.15) is 38.5 Å². The van der Waals surface area contributed by atoms with Gasteiger partial charge < -0.3 is 19.5 Å². The van der Waals surface area contributed by atoms with Gasteiger partial charge in [-0.2, -0.15) is 0 Å². The molecule has 0 aromatic heterocycles. The molecule has 184 valence electrons. The number of carboxylic acid groups (broad SMARTS) is 1. The molecule has 33 heavy (non-hydrogen) atoms. The number of benzene rings is 1. The molecule has 3 fully saturated rings. The standard InChI is InChI=1S/C21H27F3N2O6S/c22-21(23,24)32-18-5-3-16(4-6-18)31-17-7-11-26(12-8-17)33(29,30)20(19(27)28)9-13-25(14-10-20)15-1-2-15/h3-6,15,17H,1-2,7-14H2,(H,27,28). The highest BCUT2D eigenvalue weighted by Crippen LogP contribution is 2.38. The Balaban J connectivity index is 1.35. The van der Waals surface area contributed by atoms with Crippen LogP contribution >= 0.6 is 0 Å². The van der Waals surface area contributed by atoms with Crippen LogP contribution < -0.4 is 9.47 Å². The SMILES string of the molecule is O=C(O)C1(S(=O)(=O)N2CCC(Oc3ccc(OC(F)(F)F)cc3)CC2)CCN(C2CC2)CC1. The molecule has 3 aliphatic rings. The number of nitrogens with zero attached hydrogens (tertiary/aromatic N) is 2. The van der Waals surface area contributed by atoms with Gasteiger partial charge >= 0.3 is 12.3 Å². The summed E-state index contributed by atoms with van der Waals surface area (Å²) in [6.07, 6.45) is -2.09. The lowest BCUT2D eigenvalue weighted by molar-refractivity contribution is -0.274. The number of halogens is 3. The molecule has 2 heterocycles. The van der Waals surface area contributed by atoms with Crippen LogP contribution in [0.3, 0.4) is 0 Å². The molecule has 1 N–H and O–H groups in total. The third-order valence-corrected chi connectivity index (χ3v) is 9.27. The first-order valence-electron chi connectivity index (χ1n) is 11.0. The second-order valence-corrected chi connectivity index (χ2v) is 11.1. The summed E-state index contributed by atoms with van der Waals surface area (Å²) in [7, 11) is -4.07. The molecule has 2 aliphatic heterocycles. The molecule has 4 rings (SSSR count). The average molecular weight is 493 g/mol. The van der Waals surface area contributed by atoms with E-state index < -0.39 is 27.1 Å². The maximum absolute atomic E-state index is 13.4. The van der Waals surface area contributed by atoms with Crippen LogP contribution in [-0.2, 0) is 14.8 Å². The second kappa shape index (κ2) is 8.95. The summed E-state index contributed by atoms with van der Waals surface area (Å²) in [6.45, 7) is 1.18.